The lowest BCUT2D eigenvalue weighted by Crippen LogP contribution is -2.50. The van der Waals surface area contributed by atoms with Crippen molar-refractivity contribution < 1.29 is 14.3 Å². The third-order valence-electron chi connectivity index (χ3n) is 4.60. The Hall–Kier alpha value is -2.04. The molecule has 2 amide bonds. The summed E-state index contributed by atoms with van der Waals surface area (Å²) in [6.45, 7) is 0.577. The Labute approximate surface area is 117 Å². The first kappa shape index (κ1) is 13.0. The van der Waals surface area contributed by atoms with E-state index >= 15 is 0 Å². The highest BCUT2D eigenvalue weighted by Crippen LogP contribution is 2.45. The Balaban J connectivity index is 1.87. The summed E-state index contributed by atoms with van der Waals surface area (Å²) in [5, 5.41) is 0. The first-order valence-electron chi connectivity index (χ1n) is 6.81. The van der Waals surface area contributed by atoms with Gasteiger partial charge in [-0.25, -0.2) is 0 Å². The fourth-order valence-electron chi connectivity index (χ4n) is 3.46. The van der Waals surface area contributed by atoms with Crippen LogP contribution in [0.25, 0.3) is 0 Å². The number of hydrogen-bond acceptors (Lipinski definition) is 3. The van der Waals surface area contributed by atoms with Crippen LogP contribution in [0.5, 0.6) is 5.75 Å². The molecule has 0 saturated carbocycles. The van der Waals surface area contributed by atoms with E-state index < -0.39 is 5.54 Å². The maximum atomic E-state index is 11.9. The van der Waals surface area contributed by atoms with E-state index in [4.69, 9.17) is 10.5 Å². The molecule has 2 fully saturated rings. The number of carbonyl (C=O) groups is 2. The molecule has 0 radical (unpaired) electrons. The van der Waals surface area contributed by atoms with Gasteiger partial charge in [0.1, 0.15) is 11.3 Å². The topological polar surface area (TPSA) is 72.6 Å². The predicted molar refractivity (Wildman–Crippen MR) is 73.2 cm³/mol. The van der Waals surface area contributed by atoms with Gasteiger partial charge in [0.25, 0.3) is 0 Å². The number of hydrogen-bond donors (Lipinski definition) is 1. The predicted octanol–water partition coefficient (Wildman–Crippen LogP) is 1.03. The number of nitrogens with zero attached hydrogens (tertiary/aromatic N) is 1. The fourth-order valence-corrected chi connectivity index (χ4v) is 3.46. The SMILES string of the molecule is COc1ccc([C@H]2CN3C(=O)CC[C@]3(C(N)=O)C2)cc1. The summed E-state index contributed by atoms with van der Waals surface area (Å²) in [5.74, 6) is 0.629. The molecule has 2 atom stereocenters. The minimum atomic E-state index is -0.762. The Bertz CT molecular complexity index is 555. The zero-order valence-electron chi connectivity index (χ0n) is 11.5. The van der Waals surface area contributed by atoms with Crippen molar-refractivity contribution in [2.75, 3.05) is 13.7 Å². The van der Waals surface area contributed by atoms with Crippen LogP contribution in [0.2, 0.25) is 0 Å². The summed E-state index contributed by atoms with van der Waals surface area (Å²) in [5.41, 5.74) is 5.93. The lowest BCUT2D eigenvalue weighted by Gasteiger charge is -2.27. The molecule has 106 valence electrons. The van der Waals surface area contributed by atoms with Gasteiger partial charge in [-0.15, -0.1) is 0 Å². The maximum Gasteiger partial charge on any atom is 0.243 e. The van der Waals surface area contributed by atoms with Crippen LogP contribution in [-0.2, 0) is 9.59 Å². The van der Waals surface area contributed by atoms with E-state index in [2.05, 4.69) is 0 Å². The molecule has 20 heavy (non-hydrogen) atoms. The van der Waals surface area contributed by atoms with E-state index in [1.807, 2.05) is 24.3 Å². The van der Waals surface area contributed by atoms with Gasteiger partial charge < -0.3 is 15.4 Å². The molecule has 3 rings (SSSR count). The Kier molecular flexibility index (Phi) is 2.92. The van der Waals surface area contributed by atoms with Gasteiger partial charge >= 0.3 is 0 Å². The number of fused-ring (bicyclic) bond motifs is 1. The van der Waals surface area contributed by atoms with Crippen molar-refractivity contribution in [1.29, 1.82) is 0 Å². The third-order valence-corrected chi connectivity index (χ3v) is 4.60. The normalized spacial score (nSPS) is 28.6. The van der Waals surface area contributed by atoms with Crippen molar-refractivity contribution >= 4 is 11.8 Å². The van der Waals surface area contributed by atoms with Crippen LogP contribution < -0.4 is 10.5 Å². The smallest absolute Gasteiger partial charge is 0.243 e. The van der Waals surface area contributed by atoms with Crippen LogP contribution in [0, 0.1) is 0 Å². The highest BCUT2D eigenvalue weighted by atomic mass is 16.5. The van der Waals surface area contributed by atoms with Crippen molar-refractivity contribution in [3.05, 3.63) is 29.8 Å². The van der Waals surface area contributed by atoms with Gasteiger partial charge in [0, 0.05) is 18.9 Å². The van der Waals surface area contributed by atoms with Crippen LogP contribution >= 0.6 is 0 Å². The molecule has 2 heterocycles. The van der Waals surface area contributed by atoms with Crippen LogP contribution in [-0.4, -0.2) is 35.9 Å². The molecule has 2 aliphatic rings. The monoisotopic (exact) mass is 274 g/mol. The van der Waals surface area contributed by atoms with Gasteiger partial charge in [-0.1, -0.05) is 12.1 Å². The Morgan fingerprint density at radius 3 is 2.65 bits per heavy atom. The summed E-state index contributed by atoms with van der Waals surface area (Å²) in [4.78, 5) is 25.5. The van der Waals surface area contributed by atoms with Crippen molar-refractivity contribution in [3.63, 3.8) is 0 Å². The van der Waals surface area contributed by atoms with Crippen LogP contribution in [0.15, 0.2) is 24.3 Å². The summed E-state index contributed by atoms with van der Waals surface area (Å²) in [7, 11) is 1.63. The van der Waals surface area contributed by atoms with Crippen molar-refractivity contribution in [1.82, 2.24) is 4.90 Å². The molecule has 1 aromatic rings. The number of carbonyl (C=O) groups excluding carboxylic acids is 2. The summed E-state index contributed by atoms with van der Waals surface area (Å²) >= 11 is 0. The quantitative estimate of drug-likeness (QED) is 0.894. The highest BCUT2D eigenvalue weighted by Gasteiger charge is 2.55. The lowest BCUT2D eigenvalue weighted by molar-refractivity contribution is -0.137. The van der Waals surface area contributed by atoms with E-state index in [0.29, 0.717) is 25.8 Å². The fraction of sp³-hybridized carbons (Fsp3) is 0.467. The molecule has 2 aliphatic heterocycles. The molecule has 0 unspecified atom stereocenters. The zero-order valence-corrected chi connectivity index (χ0v) is 11.5. The van der Waals surface area contributed by atoms with Crippen molar-refractivity contribution in [2.24, 2.45) is 5.73 Å². The number of rotatable bonds is 3. The van der Waals surface area contributed by atoms with E-state index in [1.54, 1.807) is 12.0 Å². The van der Waals surface area contributed by atoms with Crippen molar-refractivity contribution in [2.45, 2.75) is 30.7 Å². The number of nitrogens with two attached hydrogens (primary N) is 1. The molecule has 1 aromatic carbocycles. The second kappa shape index (κ2) is 4.51. The molecular formula is C15H18N2O3. The third kappa shape index (κ3) is 1.77. The second-order valence-corrected chi connectivity index (χ2v) is 5.57. The number of primary amides is 1. The molecule has 0 aliphatic carbocycles. The molecule has 5 heteroatoms. The van der Waals surface area contributed by atoms with E-state index in [-0.39, 0.29) is 17.7 Å². The summed E-state index contributed by atoms with van der Waals surface area (Å²) in [6.07, 6.45) is 1.60. The summed E-state index contributed by atoms with van der Waals surface area (Å²) in [6, 6.07) is 7.78. The first-order chi connectivity index (χ1) is 9.56. The summed E-state index contributed by atoms with van der Waals surface area (Å²) < 4.78 is 5.14. The first-order valence-corrected chi connectivity index (χ1v) is 6.81. The second-order valence-electron chi connectivity index (χ2n) is 5.57. The molecular weight excluding hydrogens is 256 g/mol. The van der Waals surface area contributed by atoms with E-state index in [1.165, 1.54) is 0 Å². The van der Waals surface area contributed by atoms with Gasteiger partial charge in [-0.05, 0) is 30.5 Å². The maximum absolute atomic E-state index is 11.9. The van der Waals surface area contributed by atoms with Crippen LogP contribution in [0.3, 0.4) is 0 Å². The lowest BCUT2D eigenvalue weighted by atomic mass is 9.86. The highest BCUT2D eigenvalue weighted by molar-refractivity contribution is 5.94. The zero-order chi connectivity index (χ0) is 14.3. The standard InChI is InChI=1S/C15H18N2O3/c1-20-12-4-2-10(3-5-12)11-8-15(14(16)19)7-6-13(18)17(15)9-11/h2-5,11H,6-9H2,1H3,(H2,16,19)/t11-,15-/m1/s1. The Morgan fingerprint density at radius 2 is 2.10 bits per heavy atom. The molecule has 0 aromatic heterocycles. The number of methoxy groups -OCH3 is 1. The van der Waals surface area contributed by atoms with E-state index in [9.17, 15) is 9.59 Å². The van der Waals surface area contributed by atoms with Gasteiger partial charge in [0.15, 0.2) is 0 Å². The largest absolute Gasteiger partial charge is 0.497 e. The van der Waals surface area contributed by atoms with Gasteiger partial charge in [-0.3, -0.25) is 9.59 Å². The average Bonchev–Trinajstić information content (AvgIpc) is 2.98. The minimum absolute atomic E-state index is 0.0415. The minimum Gasteiger partial charge on any atom is -0.497 e. The average molecular weight is 274 g/mol. The number of ether oxygens (including phenoxy) is 1. The van der Waals surface area contributed by atoms with Crippen LogP contribution in [0.1, 0.15) is 30.7 Å². The van der Waals surface area contributed by atoms with E-state index in [0.717, 1.165) is 11.3 Å². The molecule has 5 nitrogen and oxygen atoms in total. The molecule has 2 saturated heterocycles. The van der Waals surface area contributed by atoms with Gasteiger partial charge in [-0.2, -0.15) is 0 Å². The van der Waals surface area contributed by atoms with Crippen molar-refractivity contribution in [3.8, 4) is 5.75 Å². The molecule has 2 N–H and O–H groups in total. The van der Waals surface area contributed by atoms with Crippen LogP contribution in [0.4, 0.5) is 0 Å². The molecule has 0 spiro atoms. The van der Waals surface area contributed by atoms with Gasteiger partial charge in [0.05, 0.1) is 7.11 Å². The van der Waals surface area contributed by atoms with Gasteiger partial charge in [0.2, 0.25) is 11.8 Å². The number of benzene rings is 1. The Morgan fingerprint density at radius 1 is 1.40 bits per heavy atom. The molecule has 0 bridgehead atoms. The number of amides is 2.